The normalized spacial score (nSPS) is 10.8. The summed E-state index contributed by atoms with van der Waals surface area (Å²) >= 11 is 0. The highest BCUT2D eigenvalue weighted by Crippen LogP contribution is 2.36. The lowest BCUT2D eigenvalue weighted by Crippen LogP contribution is -3.00. The number of rotatable bonds is 2. The molecule has 2 N–H and O–H groups in total. The number of benzene rings is 2. The number of halogens is 1. The van der Waals surface area contributed by atoms with Gasteiger partial charge in [0.1, 0.15) is 0 Å². The summed E-state index contributed by atoms with van der Waals surface area (Å²) in [6, 6.07) is 11.1. The van der Waals surface area contributed by atoms with Crippen LogP contribution in [-0.2, 0) is 0 Å². The van der Waals surface area contributed by atoms with E-state index in [0.29, 0.717) is 16.9 Å². The Morgan fingerprint density at radius 2 is 1.52 bits per heavy atom. The van der Waals surface area contributed by atoms with Gasteiger partial charge in [0.05, 0.1) is 25.0 Å². The van der Waals surface area contributed by atoms with Crippen LogP contribution in [0.25, 0.3) is 27.1 Å². The average molecular weight is 402 g/mol. The molecule has 0 aliphatic carbocycles. The Morgan fingerprint density at radius 3 is 2.24 bits per heavy atom. The first kappa shape index (κ1) is 17.1. The lowest BCUT2D eigenvalue weighted by Gasteiger charge is -2.09. The molecule has 4 rings (SSSR count). The van der Waals surface area contributed by atoms with Gasteiger partial charge in [-0.2, -0.15) is 4.40 Å². The van der Waals surface area contributed by atoms with Crippen LogP contribution in [0.15, 0.2) is 48.8 Å². The van der Waals surface area contributed by atoms with Crippen molar-refractivity contribution in [3.05, 3.63) is 48.8 Å². The third-order valence-electron chi connectivity index (χ3n) is 4.31. The van der Waals surface area contributed by atoms with Crippen LogP contribution in [0.2, 0.25) is 0 Å². The Kier molecular flexibility index (Phi) is 4.30. The van der Waals surface area contributed by atoms with E-state index in [4.69, 9.17) is 9.47 Å². The Bertz CT molecular complexity index is 1110. The zero-order chi connectivity index (χ0) is 16.8. The maximum Gasteiger partial charge on any atom is 0.219 e. The molecule has 0 spiro atoms. The fraction of sp³-hybridized carbons (Fsp3) is 0.105. The number of fused-ring (bicyclic) bond motifs is 4. The molecule has 0 saturated heterocycles. The van der Waals surface area contributed by atoms with Gasteiger partial charge in [-0.25, -0.2) is 0 Å². The van der Waals surface area contributed by atoms with Gasteiger partial charge in [-0.1, -0.05) is 0 Å². The molecule has 128 valence electrons. The Hall–Kier alpha value is -2.73. The number of ether oxygens (including phenoxy) is 2. The van der Waals surface area contributed by atoms with Gasteiger partial charge < -0.3 is 36.7 Å². The molecule has 2 aromatic carbocycles. The molecule has 4 aromatic rings. The SMILES string of the molecule is COc1cc2cc[n+]3cc4c(O)c(O)ccc4cc3c2cc1OC.[Br-]. The van der Waals surface area contributed by atoms with Crippen molar-refractivity contribution in [3.8, 4) is 23.0 Å². The summed E-state index contributed by atoms with van der Waals surface area (Å²) in [6.07, 6.45) is 3.71. The molecule has 6 heteroatoms. The lowest BCUT2D eigenvalue weighted by molar-refractivity contribution is -0.509. The zero-order valence-corrected chi connectivity index (χ0v) is 15.2. The molecular weight excluding hydrogens is 386 g/mol. The van der Waals surface area contributed by atoms with E-state index in [1.54, 1.807) is 26.5 Å². The first-order valence-corrected chi connectivity index (χ1v) is 7.47. The summed E-state index contributed by atoms with van der Waals surface area (Å²) in [5, 5.41) is 23.2. The van der Waals surface area contributed by atoms with E-state index in [2.05, 4.69) is 0 Å². The van der Waals surface area contributed by atoms with Crippen molar-refractivity contribution in [3.63, 3.8) is 0 Å². The molecule has 0 aliphatic heterocycles. The van der Waals surface area contributed by atoms with E-state index in [0.717, 1.165) is 21.7 Å². The number of aromatic hydroxyl groups is 2. The lowest BCUT2D eigenvalue weighted by atomic mass is 10.1. The van der Waals surface area contributed by atoms with Gasteiger partial charge in [0.25, 0.3) is 0 Å². The first-order valence-electron chi connectivity index (χ1n) is 7.47. The second-order valence-electron chi connectivity index (χ2n) is 5.61. The second kappa shape index (κ2) is 6.29. The van der Waals surface area contributed by atoms with Crippen molar-refractivity contribution < 1.29 is 41.1 Å². The third kappa shape index (κ3) is 2.59. The van der Waals surface area contributed by atoms with Crippen molar-refractivity contribution in [2.24, 2.45) is 0 Å². The Balaban J connectivity index is 0.00000182. The van der Waals surface area contributed by atoms with Crippen LogP contribution in [0, 0.1) is 0 Å². The van der Waals surface area contributed by atoms with Crippen molar-refractivity contribution >= 4 is 27.1 Å². The molecule has 0 aliphatic rings. The third-order valence-corrected chi connectivity index (χ3v) is 4.31. The van der Waals surface area contributed by atoms with Gasteiger partial charge in [-0.05, 0) is 35.0 Å². The first-order chi connectivity index (χ1) is 11.6. The summed E-state index contributed by atoms with van der Waals surface area (Å²) in [5.41, 5.74) is 0.964. The minimum Gasteiger partial charge on any atom is -1.00 e. The van der Waals surface area contributed by atoms with Crippen molar-refractivity contribution in [1.82, 2.24) is 0 Å². The summed E-state index contributed by atoms with van der Waals surface area (Å²) in [6.45, 7) is 0. The van der Waals surface area contributed by atoms with Crippen LogP contribution >= 0.6 is 0 Å². The van der Waals surface area contributed by atoms with Gasteiger partial charge in [-0.3, -0.25) is 0 Å². The second-order valence-corrected chi connectivity index (χ2v) is 5.61. The highest BCUT2D eigenvalue weighted by Gasteiger charge is 2.16. The number of hydrogen-bond donors (Lipinski definition) is 2. The number of aromatic nitrogens is 1. The van der Waals surface area contributed by atoms with Crippen LogP contribution in [-0.4, -0.2) is 24.4 Å². The number of methoxy groups -OCH3 is 2. The van der Waals surface area contributed by atoms with E-state index in [1.807, 2.05) is 34.9 Å². The van der Waals surface area contributed by atoms with Crippen molar-refractivity contribution in [2.45, 2.75) is 0 Å². The predicted molar refractivity (Wildman–Crippen MR) is 91.0 cm³/mol. The smallest absolute Gasteiger partial charge is 0.219 e. The largest absolute Gasteiger partial charge is 1.00 e. The highest BCUT2D eigenvalue weighted by atomic mass is 79.9. The van der Waals surface area contributed by atoms with E-state index in [-0.39, 0.29) is 28.5 Å². The summed E-state index contributed by atoms with van der Waals surface area (Å²) in [7, 11) is 3.22. The van der Waals surface area contributed by atoms with Crippen LogP contribution < -0.4 is 30.9 Å². The number of nitrogens with zero attached hydrogens (tertiary/aromatic N) is 1. The molecule has 2 aromatic heterocycles. The standard InChI is InChI=1S/C19H15NO4.BrH/c1-23-17-8-12-5-6-20-10-14-11(3-4-16(21)19(14)22)7-15(20)13(12)9-18(17)24-2;/h3-10,21H,1-2H3;1H. The summed E-state index contributed by atoms with van der Waals surface area (Å²) in [5.74, 6) is 1.09. The molecule has 0 bridgehead atoms. The van der Waals surface area contributed by atoms with Crippen molar-refractivity contribution in [1.29, 1.82) is 0 Å². The molecule has 0 atom stereocenters. The van der Waals surface area contributed by atoms with E-state index in [9.17, 15) is 10.2 Å². The maximum atomic E-state index is 10.1. The topological polar surface area (TPSA) is 63.0 Å². The number of phenolic OH excluding ortho intramolecular Hbond substituents is 2. The Labute approximate surface area is 154 Å². The van der Waals surface area contributed by atoms with Crippen LogP contribution in [0.3, 0.4) is 0 Å². The molecule has 0 fully saturated rings. The molecule has 0 unspecified atom stereocenters. The van der Waals surface area contributed by atoms with Crippen LogP contribution in [0.4, 0.5) is 0 Å². The summed E-state index contributed by atoms with van der Waals surface area (Å²) in [4.78, 5) is 0. The monoisotopic (exact) mass is 401 g/mol. The fourth-order valence-electron chi connectivity index (χ4n) is 3.06. The Morgan fingerprint density at radius 1 is 0.840 bits per heavy atom. The quantitative estimate of drug-likeness (QED) is 0.217. The average Bonchev–Trinajstić information content (AvgIpc) is 2.62. The predicted octanol–water partition coefficient (Wildman–Crippen LogP) is 0.164. The molecule has 2 heterocycles. The molecule has 0 radical (unpaired) electrons. The summed E-state index contributed by atoms with van der Waals surface area (Å²) < 4.78 is 12.7. The number of hydrogen-bond acceptors (Lipinski definition) is 4. The molecular formula is C19H16BrNO4. The van der Waals surface area contributed by atoms with Gasteiger partial charge in [0, 0.05) is 12.1 Å². The minimum atomic E-state index is -0.130. The maximum absolute atomic E-state index is 10.1. The van der Waals surface area contributed by atoms with Gasteiger partial charge in [0.2, 0.25) is 5.52 Å². The van der Waals surface area contributed by atoms with Crippen LogP contribution in [0.1, 0.15) is 0 Å². The minimum absolute atomic E-state index is 0. The number of pyridine rings is 2. The number of phenols is 2. The van der Waals surface area contributed by atoms with E-state index < -0.39 is 0 Å². The zero-order valence-electron chi connectivity index (χ0n) is 13.7. The molecule has 0 saturated carbocycles. The van der Waals surface area contributed by atoms with Crippen LogP contribution in [0.5, 0.6) is 23.0 Å². The molecule has 25 heavy (non-hydrogen) atoms. The van der Waals surface area contributed by atoms with Gasteiger partial charge in [-0.15, -0.1) is 0 Å². The van der Waals surface area contributed by atoms with E-state index >= 15 is 0 Å². The fourth-order valence-corrected chi connectivity index (χ4v) is 3.06. The van der Waals surface area contributed by atoms with Crippen molar-refractivity contribution in [2.75, 3.05) is 14.2 Å². The van der Waals surface area contributed by atoms with E-state index in [1.165, 1.54) is 6.07 Å². The highest BCUT2D eigenvalue weighted by molar-refractivity contribution is 6.00. The van der Waals surface area contributed by atoms with Gasteiger partial charge in [0.15, 0.2) is 35.4 Å². The molecule has 0 amide bonds. The molecule has 5 nitrogen and oxygen atoms in total. The van der Waals surface area contributed by atoms with Gasteiger partial charge >= 0.3 is 0 Å².